The summed E-state index contributed by atoms with van der Waals surface area (Å²) in [5, 5.41) is 39.3. The Kier molecular flexibility index (Phi) is 5.25. The quantitative estimate of drug-likeness (QED) is 0.511. The maximum absolute atomic E-state index is 11.8. The second-order valence-corrected chi connectivity index (χ2v) is 7.85. The van der Waals surface area contributed by atoms with E-state index < -0.39 is 42.9 Å². The number of nitrogens with zero attached hydrogens (tertiary/aromatic N) is 1. The molecule has 0 amide bonds. The fourth-order valence-corrected chi connectivity index (χ4v) is 3.60. The van der Waals surface area contributed by atoms with E-state index in [-0.39, 0.29) is 11.5 Å². The number of ketones is 1. The van der Waals surface area contributed by atoms with Crippen molar-refractivity contribution in [1.82, 2.24) is 0 Å². The largest absolute Gasteiger partial charge is 0.481 e. The van der Waals surface area contributed by atoms with Crippen LogP contribution >= 0.6 is 0 Å². The van der Waals surface area contributed by atoms with E-state index in [2.05, 4.69) is 4.99 Å². The maximum Gasteiger partial charge on any atom is 0.229 e. The van der Waals surface area contributed by atoms with Crippen molar-refractivity contribution in [3.05, 3.63) is 42.0 Å². The van der Waals surface area contributed by atoms with Crippen molar-refractivity contribution in [3.63, 3.8) is 0 Å². The Bertz CT molecular complexity index is 948. The molecule has 4 N–H and O–H groups in total. The molecule has 1 saturated heterocycles. The molecule has 2 aliphatic heterocycles. The molecule has 0 spiro atoms. The molecular weight excluding hydrogens is 394 g/mol. The van der Waals surface area contributed by atoms with Crippen molar-refractivity contribution in [2.24, 2.45) is 4.99 Å². The van der Waals surface area contributed by atoms with Crippen molar-refractivity contribution >= 4 is 17.2 Å². The lowest BCUT2D eigenvalue weighted by atomic mass is 9.89. The van der Waals surface area contributed by atoms with Crippen LogP contribution in [-0.2, 0) is 9.53 Å². The number of hydrogen-bond acceptors (Lipinski definition) is 9. The molecule has 5 atom stereocenters. The second-order valence-electron chi connectivity index (χ2n) is 7.85. The monoisotopic (exact) mass is 417 g/mol. The minimum Gasteiger partial charge on any atom is -0.481 e. The molecule has 9 nitrogen and oxygen atoms in total. The van der Waals surface area contributed by atoms with Crippen LogP contribution in [0.15, 0.2) is 47.0 Å². The fourth-order valence-electron chi connectivity index (χ4n) is 3.60. The molecule has 9 heteroatoms. The van der Waals surface area contributed by atoms with Gasteiger partial charge < -0.3 is 34.6 Å². The summed E-state index contributed by atoms with van der Waals surface area (Å²) in [6, 6.07) is 4.81. The van der Waals surface area contributed by atoms with E-state index in [4.69, 9.17) is 14.2 Å². The van der Waals surface area contributed by atoms with Crippen LogP contribution in [-0.4, -0.2) is 74.8 Å². The van der Waals surface area contributed by atoms with Gasteiger partial charge in [-0.2, -0.15) is 0 Å². The van der Waals surface area contributed by atoms with E-state index in [1.165, 1.54) is 12.2 Å². The first-order valence-electron chi connectivity index (χ1n) is 9.53. The fraction of sp³-hybridized carbons (Fsp3) is 0.429. The summed E-state index contributed by atoms with van der Waals surface area (Å²) in [5.74, 6) is 0.517. The number of rotatable bonds is 3. The predicted molar refractivity (Wildman–Crippen MR) is 105 cm³/mol. The Hall–Kier alpha value is -2.56. The van der Waals surface area contributed by atoms with Crippen LogP contribution < -0.4 is 9.47 Å². The van der Waals surface area contributed by atoms with Crippen LogP contribution in [0, 0.1) is 0 Å². The first-order valence-corrected chi connectivity index (χ1v) is 9.53. The number of fused-ring (bicyclic) bond motifs is 2. The van der Waals surface area contributed by atoms with Crippen LogP contribution in [0.2, 0.25) is 0 Å². The first kappa shape index (κ1) is 20.7. The zero-order chi connectivity index (χ0) is 21.6. The Morgan fingerprint density at radius 1 is 1.13 bits per heavy atom. The number of aliphatic imine (C=N–C) groups is 1. The summed E-state index contributed by atoms with van der Waals surface area (Å²) < 4.78 is 17.2. The zero-order valence-electron chi connectivity index (χ0n) is 16.4. The summed E-state index contributed by atoms with van der Waals surface area (Å²) in [7, 11) is 0. The smallest absolute Gasteiger partial charge is 0.229 e. The number of carbonyl (C=O) groups is 1. The topological polar surface area (TPSA) is 138 Å². The Balaban J connectivity index is 1.62. The number of aliphatic hydroxyl groups excluding tert-OH is 4. The van der Waals surface area contributed by atoms with Crippen LogP contribution in [0.1, 0.15) is 13.8 Å². The van der Waals surface area contributed by atoms with Crippen LogP contribution in [0.25, 0.3) is 0 Å². The van der Waals surface area contributed by atoms with E-state index >= 15 is 0 Å². The maximum atomic E-state index is 11.8. The third kappa shape index (κ3) is 3.66. The van der Waals surface area contributed by atoms with Gasteiger partial charge in [0.15, 0.2) is 5.78 Å². The SMILES string of the molecule is CC1(C)Oc2cc(O[C@@H]3O[C@H](CO)[C@H](O)[C@H](O)[C@H]3O)ccc2N=C2C=CC(=O)C=C21. The highest BCUT2D eigenvalue weighted by Gasteiger charge is 2.45. The normalized spacial score (nSPS) is 32.2. The molecule has 0 radical (unpaired) electrons. The van der Waals surface area contributed by atoms with Gasteiger partial charge in [0, 0.05) is 11.6 Å². The summed E-state index contributed by atoms with van der Waals surface area (Å²) in [6.07, 6.45) is -2.33. The molecule has 0 unspecified atom stereocenters. The third-order valence-corrected chi connectivity index (χ3v) is 5.25. The summed E-state index contributed by atoms with van der Waals surface area (Å²) in [4.78, 5) is 16.4. The van der Waals surface area contributed by atoms with Crippen LogP contribution in [0.5, 0.6) is 11.5 Å². The molecule has 4 rings (SSSR count). The molecule has 2 heterocycles. The highest BCUT2D eigenvalue weighted by Crippen LogP contribution is 2.41. The Labute approximate surface area is 172 Å². The number of aliphatic hydroxyl groups is 4. The number of ether oxygens (including phenoxy) is 3. The van der Waals surface area contributed by atoms with Crippen molar-refractivity contribution in [1.29, 1.82) is 0 Å². The van der Waals surface area contributed by atoms with Crippen LogP contribution in [0.3, 0.4) is 0 Å². The minimum absolute atomic E-state index is 0.141. The lowest BCUT2D eigenvalue weighted by Crippen LogP contribution is -2.60. The molecule has 160 valence electrons. The number of carbonyl (C=O) groups excluding carboxylic acids is 1. The highest BCUT2D eigenvalue weighted by molar-refractivity contribution is 6.21. The first-order chi connectivity index (χ1) is 14.2. The van der Waals surface area contributed by atoms with E-state index in [0.717, 1.165) is 0 Å². The molecular formula is C21H23NO8. The Morgan fingerprint density at radius 3 is 2.63 bits per heavy atom. The molecule has 1 fully saturated rings. The molecule has 0 aromatic heterocycles. The number of allylic oxidation sites excluding steroid dienone is 3. The van der Waals surface area contributed by atoms with Gasteiger partial charge >= 0.3 is 0 Å². The molecule has 0 bridgehead atoms. The van der Waals surface area contributed by atoms with Gasteiger partial charge in [-0.15, -0.1) is 0 Å². The van der Waals surface area contributed by atoms with E-state index in [9.17, 15) is 25.2 Å². The van der Waals surface area contributed by atoms with Crippen molar-refractivity contribution in [3.8, 4) is 11.5 Å². The average Bonchev–Trinajstić information content (AvgIpc) is 2.81. The standard InChI is InChI=1S/C21H23NO8/c1-21(2)12-7-10(24)3-5-13(12)22-14-6-4-11(8-15(14)30-21)28-20-19(27)18(26)17(25)16(9-23)29-20/h3-8,16-20,23,25-27H,9H2,1-2H3/t16-,17+,18+,19-,20-/m1/s1. The number of hydrogen-bond donors (Lipinski definition) is 4. The zero-order valence-corrected chi connectivity index (χ0v) is 16.4. The molecule has 1 aromatic rings. The molecule has 1 aliphatic carbocycles. The highest BCUT2D eigenvalue weighted by atomic mass is 16.7. The average molecular weight is 417 g/mol. The van der Waals surface area contributed by atoms with E-state index in [1.54, 1.807) is 24.3 Å². The van der Waals surface area contributed by atoms with Gasteiger partial charge in [0.1, 0.15) is 47.2 Å². The van der Waals surface area contributed by atoms with Gasteiger partial charge in [0.25, 0.3) is 0 Å². The summed E-state index contributed by atoms with van der Waals surface area (Å²) >= 11 is 0. The molecule has 0 saturated carbocycles. The van der Waals surface area contributed by atoms with Gasteiger partial charge in [0.05, 0.1) is 12.3 Å². The van der Waals surface area contributed by atoms with Gasteiger partial charge in [0.2, 0.25) is 6.29 Å². The Morgan fingerprint density at radius 2 is 1.90 bits per heavy atom. The predicted octanol–water partition coefficient (Wildman–Crippen LogP) is 0.174. The van der Waals surface area contributed by atoms with Gasteiger partial charge in [-0.05, 0) is 44.2 Å². The van der Waals surface area contributed by atoms with Crippen LogP contribution in [0.4, 0.5) is 5.69 Å². The lowest BCUT2D eigenvalue weighted by Gasteiger charge is -2.39. The molecule has 3 aliphatic rings. The second kappa shape index (κ2) is 7.60. The van der Waals surface area contributed by atoms with E-state index in [1.807, 2.05) is 13.8 Å². The lowest BCUT2D eigenvalue weighted by molar-refractivity contribution is -0.277. The van der Waals surface area contributed by atoms with E-state index in [0.29, 0.717) is 22.7 Å². The summed E-state index contributed by atoms with van der Waals surface area (Å²) in [6.45, 7) is 3.09. The van der Waals surface area contributed by atoms with Crippen molar-refractivity contribution in [2.45, 2.75) is 50.2 Å². The summed E-state index contributed by atoms with van der Waals surface area (Å²) in [5.41, 5.74) is 0.969. The van der Waals surface area contributed by atoms with Gasteiger partial charge in [-0.25, -0.2) is 4.99 Å². The van der Waals surface area contributed by atoms with Crippen molar-refractivity contribution < 1.29 is 39.4 Å². The number of benzene rings is 1. The van der Waals surface area contributed by atoms with Crippen molar-refractivity contribution in [2.75, 3.05) is 6.61 Å². The van der Waals surface area contributed by atoms with Gasteiger partial charge in [-0.3, -0.25) is 4.79 Å². The van der Waals surface area contributed by atoms with Gasteiger partial charge in [-0.1, -0.05) is 0 Å². The molecule has 1 aromatic carbocycles. The molecule has 30 heavy (non-hydrogen) atoms. The minimum atomic E-state index is -1.54. The third-order valence-electron chi connectivity index (χ3n) is 5.25.